The van der Waals surface area contributed by atoms with E-state index in [4.69, 9.17) is 14.2 Å². The van der Waals surface area contributed by atoms with Crippen molar-refractivity contribution in [2.45, 2.75) is 77.7 Å². The van der Waals surface area contributed by atoms with Gasteiger partial charge >= 0.3 is 17.9 Å². The molecule has 0 aliphatic carbocycles. The minimum absolute atomic E-state index is 0.0400. The summed E-state index contributed by atoms with van der Waals surface area (Å²) >= 11 is 0. The molecule has 4 rings (SSSR count). The molecule has 1 unspecified atom stereocenters. The number of carbonyl (C=O) groups excluding carboxylic acids is 3. The van der Waals surface area contributed by atoms with Crippen LogP contribution in [0.4, 0.5) is 5.69 Å². The lowest BCUT2D eigenvalue weighted by Gasteiger charge is -2.19. The minimum Gasteiger partial charge on any atom is -0.423 e. The Morgan fingerprint density at radius 3 is 1.39 bits per heavy atom. The van der Waals surface area contributed by atoms with E-state index in [1.54, 1.807) is 91.0 Å². The number of carbonyl (C=O) groups is 3. The second-order valence-electron chi connectivity index (χ2n) is 11.4. The second kappa shape index (κ2) is 18.2. The largest absolute Gasteiger partial charge is 0.423 e. The Labute approximate surface area is 271 Å². The van der Waals surface area contributed by atoms with E-state index in [1.807, 2.05) is 0 Å². The molecule has 0 saturated heterocycles. The quantitative estimate of drug-likeness (QED) is 0.0713. The van der Waals surface area contributed by atoms with Gasteiger partial charge in [0.1, 0.15) is 17.2 Å². The highest BCUT2D eigenvalue weighted by Gasteiger charge is 2.30. The van der Waals surface area contributed by atoms with Crippen molar-refractivity contribution < 1.29 is 28.6 Å². The molecule has 0 aliphatic heterocycles. The van der Waals surface area contributed by atoms with Crippen LogP contribution in [-0.4, -0.2) is 23.9 Å². The molecule has 240 valence electrons. The Morgan fingerprint density at radius 1 is 0.565 bits per heavy atom. The lowest BCUT2D eigenvalue weighted by Crippen LogP contribution is -2.24. The third-order valence-electron chi connectivity index (χ3n) is 7.55. The van der Waals surface area contributed by atoms with Gasteiger partial charge in [-0.2, -0.15) is 0 Å². The average Bonchev–Trinajstić information content (AvgIpc) is 3.07. The molecule has 4 aromatic carbocycles. The lowest BCUT2D eigenvalue weighted by atomic mass is 9.98. The maximum Gasteiger partial charge on any atom is 0.345 e. The van der Waals surface area contributed by atoms with Crippen molar-refractivity contribution in [1.29, 1.82) is 0 Å². The van der Waals surface area contributed by atoms with E-state index in [1.165, 1.54) is 50.7 Å². The summed E-state index contributed by atoms with van der Waals surface area (Å²) in [5.74, 6) is -1.64. The number of benzene rings is 4. The Hall–Kier alpha value is -4.91. The highest BCUT2D eigenvalue weighted by atomic mass is 16.5. The van der Waals surface area contributed by atoms with Crippen LogP contribution < -0.4 is 19.5 Å². The van der Waals surface area contributed by atoms with E-state index >= 15 is 0 Å². The van der Waals surface area contributed by atoms with Crippen LogP contribution in [0.15, 0.2) is 103 Å². The molecule has 0 saturated carbocycles. The zero-order chi connectivity index (χ0) is 32.6. The van der Waals surface area contributed by atoms with Gasteiger partial charge in [-0.05, 0) is 61.9 Å². The van der Waals surface area contributed by atoms with Gasteiger partial charge in [0.2, 0.25) is 0 Å². The minimum atomic E-state index is -0.884. The van der Waals surface area contributed by atoms with E-state index < -0.39 is 17.9 Å². The van der Waals surface area contributed by atoms with Gasteiger partial charge in [0.25, 0.3) is 0 Å². The van der Waals surface area contributed by atoms with E-state index in [0.29, 0.717) is 17.2 Å². The number of rotatable bonds is 17. The summed E-state index contributed by atoms with van der Waals surface area (Å²) in [5, 5.41) is 3.43. The summed E-state index contributed by atoms with van der Waals surface area (Å²) in [4.78, 5) is 41.1. The molecule has 46 heavy (non-hydrogen) atoms. The Morgan fingerprint density at radius 2 is 0.957 bits per heavy atom. The summed E-state index contributed by atoms with van der Waals surface area (Å²) in [6, 6.07) is 28.7. The van der Waals surface area contributed by atoms with Crippen LogP contribution in [0.2, 0.25) is 0 Å². The highest BCUT2D eigenvalue weighted by molar-refractivity contribution is 6.12. The molecular weight excluding hydrogens is 578 g/mol. The topological polar surface area (TPSA) is 90.9 Å². The molecule has 1 N–H and O–H groups in total. The van der Waals surface area contributed by atoms with Crippen LogP contribution >= 0.6 is 0 Å². The molecule has 7 heteroatoms. The number of para-hydroxylation sites is 3. The molecule has 0 bridgehead atoms. The number of nitrogens with one attached hydrogen (secondary N) is 1. The van der Waals surface area contributed by atoms with Crippen LogP contribution in [0, 0.1) is 0 Å². The molecule has 1 atom stereocenters. The fourth-order valence-electron chi connectivity index (χ4n) is 5.16. The van der Waals surface area contributed by atoms with Crippen molar-refractivity contribution in [3.8, 4) is 17.2 Å². The highest BCUT2D eigenvalue weighted by Crippen LogP contribution is 2.28. The number of esters is 3. The zero-order valence-electron chi connectivity index (χ0n) is 26.7. The number of anilines is 1. The van der Waals surface area contributed by atoms with Gasteiger partial charge in [-0.25, -0.2) is 14.4 Å². The number of hydrogen-bond donors (Lipinski definition) is 1. The molecule has 0 radical (unpaired) electrons. The first-order valence-corrected chi connectivity index (χ1v) is 16.2. The normalized spacial score (nSPS) is 11.3. The lowest BCUT2D eigenvalue weighted by molar-refractivity contribution is 0.0674. The first-order chi connectivity index (χ1) is 22.4. The van der Waals surface area contributed by atoms with Crippen LogP contribution in [0.25, 0.3) is 0 Å². The van der Waals surface area contributed by atoms with Crippen LogP contribution in [-0.2, 0) is 0 Å². The fraction of sp³-hybridized carbons (Fsp3) is 0.308. The maximum absolute atomic E-state index is 13.7. The summed E-state index contributed by atoms with van der Waals surface area (Å²) in [6.07, 6.45) is 10.7. The SMILES string of the molecule is CCCCCCCCCCC(C)Nc1cc(C(=O)Oc2ccccc2)c(C(=O)Oc2ccccc2)c(C(=O)Oc2ccccc2)c1. The van der Waals surface area contributed by atoms with Gasteiger partial charge in [-0.3, -0.25) is 0 Å². The summed E-state index contributed by atoms with van der Waals surface area (Å²) < 4.78 is 16.9. The van der Waals surface area contributed by atoms with Gasteiger partial charge < -0.3 is 19.5 Å². The van der Waals surface area contributed by atoms with Crippen LogP contribution in [0.3, 0.4) is 0 Å². The first-order valence-electron chi connectivity index (χ1n) is 16.2. The third kappa shape index (κ3) is 10.6. The number of hydrogen-bond acceptors (Lipinski definition) is 7. The van der Waals surface area contributed by atoms with Gasteiger partial charge in [0.05, 0.1) is 16.7 Å². The van der Waals surface area contributed by atoms with Crippen molar-refractivity contribution in [2.24, 2.45) is 0 Å². The second-order valence-corrected chi connectivity index (χ2v) is 11.4. The van der Waals surface area contributed by atoms with Gasteiger partial charge in [0.15, 0.2) is 0 Å². The number of ether oxygens (including phenoxy) is 3. The molecule has 0 aromatic heterocycles. The predicted molar refractivity (Wildman–Crippen MR) is 181 cm³/mol. The van der Waals surface area contributed by atoms with Crippen molar-refractivity contribution >= 4 is 23.6 Å². The molecule has 0 aliphatic rings. The zero-order valence-corrected chi connectivity index (χ0v) is 26.7. The van der Waals surface area contributed by atoms with Gasteiger partial charge in [-0.1, -0.05) is 113 Å². The van der Waals surface area contributed by atoms with E-state index in [0.717, 1.165) is 19.3 Å². The molecule has 0 spiro atoms. The summed E-state index contributed by atoms with van der Waals surface area (Å²) in [5.41, 5.74) is 0.0125. The molecule has 4 aromatic rings. The smallest absolute Gasteiger partial charge is 0.345 e. The van der Waals surface area contributed by atoms with Crippen molar-refractivity contribution in [2.75, 3.05) is 5.32 Å². The monoisotopic (exact) mass is 621 g/mol. The van der Waals surface area contributed by atoms with Gasteiger partial charge in [0, 0.05) is 11.7 Å². The fourth-order valence-corrected chi connectivity index (χ4v) is 5.16. The maximum atomic E-state index is 13.7. The Kier molecular flexibility index (Phi) is 13.4. The summed E-state index contributed by atoms with van der Waals surface area (Å²) in [7, 11) is 0. The predicted octanol–water partition coefficient (Wildman–Crippen LogP) is 9.68. The van der Waals surface area contributed by atoms with Crippen molar-refractivity contribution in [3.63, 3.8) is 0 Å². The van der Waals surface area contributed by atoms with Crippen LogP contribution in [0.1, 0.15) is 103 Å². The van der Waals surface area contributed by atoms with E-state index in [9.17, 15) is 14.4 Å². The van der Waals surface area contributed by atoms with E-state index in [-0.39, 0.29) is 28.5 Å². The standard InChI is InChI=1S/C39H43NO6/c1-3-4-5-6-7-8-9-13-20-29(2)40-30-27-34(37(41)44-31-21-14-10-15-22-31)36(39(43)46-33-25-18-12-19-26-33)35(28-30)38(42)45-32-23-16-11-17-24-32/h10-12,14-19,21-29,40H,3-9,13,20H2,1-2H3. The van der Waals surface area contributed by atoms with E-state index in [2.05, 4.69) is 19.2 Å². The van der Waals surface area contributed by atoms with Crippen molar-refractivity contribution in [1.82, 2.24) is 0 Å². The molecule has 0 amide bonds. The van der Waals surface area contributed by atoms with Crippen molar-refractivity contribution in [3.05, 3.63) is 120 Å². The number of unbranched alkanes of at least 4 members (excludes halogenated alkanes) is 7. The van der Waals surface area contributed by atoms with Gasteiger partial charge in [-0.15, -0.1) is 0 Å². The first kappa shape index (κ1) is 34.0. The molecule has 0 heterocycles. The Bertz CT molecular complexity index is 1460. The summed E-state index contributed by atoms with van der Waals surface area (Å²) in [6.45, 7) is 4.28. The molecule has 7 nitrogen and oxygen atoms in total. The average molecular weight is 622 g/mol. The third-order valence-corrected chi connectivity index (χ3v) is 7.55. The molecular formula is C39H43NO6. The van der Waals surface area contributed by atoms with Crippen LogP contribution in [0.5, 0.6) is 17.2 Å². The molecule has 0 fully saturated rings. The Balaban J connectivity index is 1.63.